The quantitative estimate of drug-likeness (QED) is 0.253. The number of sulfonamides is 1. The summed E-state index contributed by atoms with van der Waals surface area (Å²) in [5, 5.41) is 3.92. The van der Waals surface area contributed by atoms with Crippen molar-refractivity contribution in [1.29, 1.82) is 0 Å². The maximum absolute atomic E-state index is 13.8. The molecule has 3 aromatic carbocycles. The highest BCUT2D eigenvalue weighted by Gasteiger charge is 2.29. The second kappa shape index (κ2) is 9.98. The summed E-state index contributed by atoms with van der Waals surface area (Å²) in [5.41, 5.74) is 2.57. The first-order valence-corrected chi connectivity index (χ1v) is 14.6. The second-order valence-corrected chi connectivity index (χ2v) is 12.0. The molecule has 1 saturated heterocycles. The molecule has 0 amide bonds. The lowest BCUT2D eigenvalue weighted by molar-refractivity contribution is 0.0939. The molecule has 0 aliphatic carbocycles. The molecule has 0 unspecified atom stereocenters. The summed E-state index contributed by atoms with van der Waals surface area (Å²) in [6.07, 6.45) is 4.15. The van der Waals surface area contributed by atoms with E-state index in [4.69, 9.17) is 4.74 Å². The molecular formula is C28H26FN3O3S2. The fourth-order valence-electron chi connectivity index (χ4n) is 4.81. The molecule has 2 aromatic heterocycles. The summed E-state index contributed by atoms with van der Waals surface area (Å²) in [5.74, 6) is -0.288. The van der Waals surface area contributed by atoms with Crippen molar-refractivity contribution in [3.63, 3.8) is 0 Å². The SMILES string of the molecule is O=S(=O)(c1ccc2ccccc2c1)N(CCc1csc2nc(-c3ccc(F)cc3)cn12)C[C@H]1CCCO1. The van der Waals surface area contributed by atoms with Crippen molar-refractivity contribution < 1.29 is 17.5 Å². The molecule has 6 nitrogen and oxygen atoms in total. The molecule has 0 radical (unpaired) electrons. The first kappa shape index (κ1) is 24.2. The van der Waals surface area contributed by atoms with Crippen molar-refractivity contribution in [3.05, 3.63) is 89.8 Å². The van der Waals surface area contributed by atoms with Gasteiger partial charge in [0.15, 0.2) is 4.96 Å². The van der Waals surface area contributed by atoms with Gasteiger partial charge in [-0.05, 0) is 60.0 Å². The molecule has 190 valence electrons. The third kappa shape index (κ3) is 4.92. The average Bonchev–Trinajstić information content (AvgIpc) is 3.65. The van der Waals surface area contributed by atoms with Crippen molar-refractivity contribution in [2.75, 3.05) is 19.7 Å². The molecule has 9 heteroatoms. The number of ether oxygens (including phenoxy) is 1. The third-order valence-electron chi connectivity index (χ3n) is 6.83. The summed E-state index contributed by atoms with van der Waals surface area (Å²) in [4.78, 5) is 5.79. The lowest BCUT2D eigenvalue weighted by atomic mass is 10.1. The van der Waals surface area contributed by atoms with Crippen LogP contribution in [0.5, 0.6) is 0 Å². The van der Waals surface area contributed by atoms with Gasteiger partial charge in [0.05, 0.1) is 16.7 Å². The smallest absolute Gasteiger partial charge is 0.243 e. The van der Waals surface area contributed by atoms with Crippen LogP contribution < -0.4 is 0 Å². The Labute approximate surface area is 219 Å². The largest absolute Gasteiger partial charge is 0.377 e. The fourth-order valence-corrected chi connectivity index (χ4v) is 7.23. The van der Waals surface area contributed by atoms with Crippen LogP contribution in [0.15, 0.2) is 83.2 Å². The van der Waals surface area contributed by atoms with E-state index in [9.17, 15) is 12.8 Å². The summed E-state index contributed by atoms with van der Waals surface area (Å²) in [6.45, 7) is 1.32. The van der Waals surface area contributed by atoms with Crippen molar-refractivity contribution in [3.8, 4) is 11.3 Å². The Balaban J connectivity index is 1.28. The van der Waals surface area contributed by atoms with Crippen LogP contribution in [0.3, 0.4) is 0 Å². The standard InChI is InChI=1S/C28H26FN3O3S2/c29-23-10-7-21(8-11-23)27-18-32-24(19-36-28(32)30-27)13-14-31(17-25-6-3-15-35-25)37(33,34)26-12-9-20-4-1-2-5-22(20)16-26/h1-2,4-5,7-12,16,18-19,25H,3,6,13-15,17H2/t25-/m1/s1. The van der Waals surface area contributed by atoms with Gasteiger partial charge in [-0.15, -0.1) is 11.3 Å². The Kier molecular flexibility index (Phi) is 6.54. The summed E-state index contributed by atoms with van der Waals surface area (Å²) >= 11 is 1.51. The lowest BCUT2D eigenvalue weighted by Gasteiger charge is -2.25. The van der Waals surface area contributed by atoms with Gasteiger partial charge in [0, 0.05) is 49.0 Å². The molecule has 0 saturated carbocycles. The Morgan fingerprint density at radius 2 is 1.89 bits per heavy atom. The van der Waals surface area contributed by atoms with E-state index in [1.54, 1.807) is 28.6 Å². The number of rotatable bonds is 8. The van der Waals surface area contributed by atoms with Crippen LogP contribution in [0.1, 0.15) is 18.5 Å². The van der Waals surface area contributed by atoms with Gasteiger partial charge < -0.3 is 4.74 Å². The van der Waals surface area contributed by atoms with Crippen LogP contribution in [0.4, 0.5) is 4.39 Å². The Hall–Kier alpha value is -3.11. The number of nitrogens with zero attached hydrogens (tertiary/aromatic N) is 3. The third-order valence-corrected chi connectivity index (χ3v) is 9.58. The first-order chi connectivity index (χ1) is 18.0. The van der Waals surface area contributed by atoms with E-state index >= 15 is 0 Å². The predicted octanol–water partition coefficient (Wildman–Crippen LogP) is 5.77. The van der Waals surface area contributed by atoms with Gasteiger partial charge in [0.1, 0.15) is 5.82 Å². The zero-order chi connectivity index (χ0) is 25.4. The number of thiazole rings is 1. The summed E-state index contributed by atoms with van der Waals surface area (Å²) in [6, 6.07) is 19.3. The molecule has 1 atom stereocenters. The Morgan fingerprint density at radius 3 is 2.68 bits per heavy atom. The monoisotopic (exact) mass is 535 g/mol. The first-order valence-electron chi connectivity index (χ1n) is 12.3. The number of benzene rings is 3. The lowest BCUT2D eigenvalue weighted by Crippen LogP contribution is -2.38. The van der Waals surface area contributed by atoms with Crippen LogP contribution >= 0.6 is 11.3 Å². The highest BCUT2D eigenvalue weighted by molar-refractivity contribution is 7.89. The van der Waals surface area contributed by atoms with Crippen molar-refractivity contribution in [2.24, 2.45) is 0 Å². The van der Waals surface area contributed by atoms with Crippen LogP contribution in [-0.4, -0.2) is 47.9 Å². The van der Waals surface area contributed by atoms with Gasteiger partial charge in [0.25, 0.3) is 0 Å². The summed E-state index contributed by atoms with van der Waals surface area (Å²) < 4.78 is 50.4. The van der Waals surface area contributed by atoms with Crippen LogP contribution in [0, 0.1) is 5.82 Å². The van der Waals surface area contributed by atoms with E-state index in [2.05, 4.69) is 4.98 Å². The number of hydrogen-bond donors (Lipinski definition) is 0. The maximum Gasteiger partial charge on any atom is 0.243 e. The van der Waals surface area contributed by atoms with E-state index in [1.165, 1.54) is 23.5 Å². The fraction of sp³-hybridized carbons (Fsp3) is 0.250. The summed E-state index contributed by atoms with van der Waals surface area (Å²) in [7, 11) is -3.73. The van der Waals surface area contributed by atoms with Crippen molar-refractivity contribution >= 4 is 37.1 Å². The average molecular weight is 536 g/mol. The Bertz CT molecular complexity index is 1660. The minimum Gasteiger partial charge on any atom is -0.377 e. The molecule has 1 aliphatic heterocycles. The highest BCUT2D eigenvalue weighted by Crippen LogP contribution is 2.27. The van der Waals surface area contributed by atoms with Gasteiger partial charge in [-0.25, -0.2) is 17.8 Å². The van der Waals surface area contributed by atoms with Crippen LogP contribution in [0.25, 0.3) is 27.0 Å². The van der Waals surface area contributed by atoms with E-state index in [-0.39, 0.29) is 11.9 Å². The highest BCUT2D eigenvalue weighted by atomic mass is 32.2. The van der Waals surface area contributed by atoms with Crippen LogP contribution in [0.2, 0.25) is 0 Å². The normalized spacial score (nSPS) is 16.3. The van der Waals surface area contributed by atoms with E-state index in [0.717, 1.165) is 45.5 Å². The Morgan fingerprint density at radius 1 is 1.08 bits per heavy atom. The van der Waals surface area contributed by atoms with Gasteiger partial charge >= 0.3 is 0 Å². The molecule has 0 N–H and O–H groups in total. The molecular weight excluding hydrogens is 509 g/mol. The zero-order valence-electron chi connectivity index (χ0n) is 20.1. The van der Waals surface area contributed by atoms with E-state index in [1.807, 2.05) is 46.3 Å². The molecule has 5 aromatic rings. The topological polar surface area (TPSA) is 63.9 Å². The number of imidazole rings is 1. The number of hydrogen-bond acceptors (Lipinski definition) is 5. The van der Waals surface area contributed by atoms with Crippen molar-refractivity contribution in [1.82, 2.24) is 13.7 Å². The van der Waals surface area contributed by atoms with E-state index < -0.39 is 10.0 Å². The molecule has 1 aliphatic rings. The van der Waals surface area contributed by atoms with Crippen molar-refractivity contribution in [2.45, 2.75) is 30.3 Å². The van der Waals surface area contributed by atoms with Crippen LogP contribution in [-0.2, 0) is 21.2 Å². The molecule has 37 heavy (non-hydrogen) atoms. The number of halogens is 1. The van der Waals surface area contributed by atoms with Gasteiger partial charge in [-0.3, -0.25) is 4.40 Å². The molecule has 1 fully saturated rings. The number of aromatic nitrogens is 2. The van der Waals surface area contributed by atoms with Gasteiger partial charge in [-0.2, -0.15) is 4.31 Å². The van der Waals surface area contributed by atoms with Gasteiger partial charge in [0.2, 0.25) is 10.0 Å². The second-order valence-electron chi connectivity index (χ2n) is 9.27. The molecule has 3 heterocycles. The van der Waals surface area contributed by atoms with Gasteiger partial charge in [-0.1, -0.05) is 30.3 Å². The zero-order valence-corrected chi connectivity index (χ0v) is 21.7. The minimum atomic E-state index is -3.73. The minimum absolute atomic E-state index is 0.101. The molecule has 0 spiro atoms. The number of fused-ring (bicyclic) bond motifs is 2. The maximum atomic E-state index is 13.8. The van der Waals surface area contributed by atoms with E-state index in [0.29, 0.717) is 31.0 Å². The molecule has 0 bridgehead atoms. The molecule has 6 rings (SSSR count). The predicted molar refractivity (Wildman–Crippen MR) is 144 cm³/mol.